The van der Waals surface area contributed by atoms with Crippen LogP contribution in [-0.4, -0.2) is 36.3 Å². The molecule has 1 aliphatic heterocycles. The van der Waals surface area contributed by atoms with E-state index in [2.05, 4.69) is 54.3 Å². The molecule has 2 N–H and O–H groups in total. The molecule has 6 heteroatoms. The van der Waals surface area contributed by atoms with Crippen molar-refractivity contribution >= 4 is 17.5 Å². The highest BCUT2D eigenvalue weighted by molar-refractivity contribution is 5.89. The highest BCUT2D eigenvalue weighted by atomic mass is 16.5. The number of carbonyl (C=O) groups is 1. The number of morpholine rings is 1. The minimum absolute atomic E-state index is 0.199. The molecule has 2 heterocycles. The molecule has 0 saturated carbocycles. The van der Waals surface area contributed by atoms with Crippen molar-refractivity contribution in [2.75, 3.05) is 23.3 Å². The molecule has 0 radical (unpaired) electrons. The Morgan fingerprint density at radius 1 is 1.21 bits per heavy atom. The standard InChI is InChI=1S/C22H30N4O2/c1-15(2)19-6-5-7-20(10-19)25-22(27)24-12-18-8-9-21(23-11-18)26-13-16(3)28-17(4)14-26/h5-11,15-17H,12-14H2,1-4H3,(H2,24,25,27). The Bertz CT molecular complexity index is 781. The van der Waals surface area contributed by atoms with Crippen LogP contribution in [0.15, 0.2) is 42.6 Å². The lowest BCUT2D eigenvalue weighted by Gasteiger charge is -2.36. The van der Waals surface area contributed by atoms with E-state index in [-0.39, 0.29) is 18.2 Å². The van der Waals surface area contributed by atoms with Gasteiger partial charge < -0.3 is 20.3 Å². The minimum atomic E-state index is -0.221. The van der Waals surface area contributed by atoms with Gasteiger partial charge in [0, 0.05) is 31.5 Å². The number of anilines is 2. The number of carbonyl (C=O) groups excluding carboxylic acids is 1. The van der Waals surface area contributed by atoms with E-state index >= 15 is 0 Å². The van der Waals surface area contributed by atoms with Crippen LogP contribution in [0, 0.1) is 0 Å². The summed E-state index contributed by atoms with van der Waals surface area (Å²) in [5.74, 6) is 1.37. The quantitative estimate of drug-likeness (QED) is 0.816. The van der Waals surface area contributed by atoms with Crippen LogP contribution in [0.4, 0.5) is 16.3 Å². The summed E-state index contributed by atoms with van der Waals surface area (Å²) in [6.45, 7) is 10.5. The molecule has 2 atom stereocenters. The van der Waals surface area contributed by atoms with E-state index in [1.54, 1.807) is 0 Å². The molecule has 28 heavy (non-hydrogen) atoms. The lowest BCUT2D eigenvalue weighted by Crippen LogP contribution is -2.45. The third kappa shape index (κ3) is 5.45. The van der Waals surface area contributed by atoms with E-state index in [9.17, 15) is 4.79 Å². The molecule has 150 valence electrons. The molecule has 1 aliphatic rings. The second-order valence-electron chi connectivity index (χ2n) is 7.77. The molecule has 1 aromatic heterocycles. The van der Waals surface area contributed by atoms with Crippen molar-refractivity contribution in [3.63, 3.8) is 0 Å². The van der Waals surface area contributed by atoms with Crippen molar-refractivity contribution < 1.29 is 9.53 Å². The number of ether oxygens (including phenoxy) is 1. The van der Waals surface area contributed by atoms with Gasteiger partial charge in [0.25, 0.3) is 0 Å². The monoisotopic (exact) mass is 382 g/mol. The van der Waals surface area contributed by atoms with Gasteiger partial charge in [0.15, 0.2) is 0 Å². The first-order chi connectivity index (χ1) is 13.4. The summed E-state index contributed by atoms with van der Waals surface area (Å²) in [4.78, 5) is 19.0. The molecule has 2 unspecified atom stereocenters. The molecule has 0 aliphatic carbocycles. The first-order valence-corrected chi connectivity index (χ1v) is 9.91. The molecule has 1 saturated heterocycles. The number of hydrogen-bond donors (Lipinski definition) is 2. The topological polar surface area (TPSA) is 66.5 Å². The van der Waals surface area contributed by atoms with Crippen molar-refractivity contribution in [2.45, 2.75) is 52.4 Å². The fourth-order valence-corrected chi connectivity index (χ4v) is 3.41. The van der Waals surface area contributed by atoms with Gasteiger partial charge in [0.2, 0.25) is 0 Å². The molecule has 0 spiro atoms. The number of hydrogen-bond acceptors (Lipinski definition) is 4. The SMILES string of the molecule is CC1CN(c2ccc(CNC(=O)Nc3cccc(C(C)C)c3)cn2)CC(C)O1. The average Bonchev–Trinajstić information content (AvgIpc) is 2.66. The van der Waals surface area contributed by atoms with E-state index in [4.69, 9.17) is 4.74 Å². The zero-order valence-electron chi connectivity index (χ0n) is 17.1. The molecule has 1 aromatic carbocycles. The van der Waals surface area contributed by atoms with Crippen molar-refractivity contribution in [3.8, 4) is 0 Å². The molecule has 1 fully saturated rings. The number of aromatic nitrogens is 1. The van der Waals surface area contributed by atoms with Gasteiger partial charge in [0.1, 0.15) is 5.82 Å². The number of rotatable bonds is 5. The predicted molar refractivity (Wildman–Crippen MR) is 113 cm³/mol. The van der Waals surface area contributed by atoms with Crippen LogP contribution in [0.2, 0.25) is 0 Å². The van der Waals surface area contributed by atoms with E-state index < -0.39 is 0 Å². The Balaban J connectivity index is 1.52. The maximum Gasteiger partial charge on any atom is 0.319 e. The van der Waals surface area contributed by atoms with Gasteiger partial charge in [-0.05, 0) is 49.1 Å². The highest BCUT2D eigenvalue weighted by Gasteiger charge is 2.22. The van der Waals surface area contributed by atoms with Crippen LogP contribution < -0.4 is 15.5 Å². The Hall–Kier alpha value is -2.60. The summed E-state index contributed by atoms with van der Waals surface area (Å²) in [5.41, 5.74) is 2.96. The minimum Gasteiger partial charge on any atom is -0.372 e. The number of pyridine rings is 1. The Kier molecular flexibility index (Phi) is 6.52. The molecule has 3 rings (SSSR count). The van der Waals surface area contributed by atoms with Gasteiger partial charge in [-0.15, -0.1) is 0 Å². The van der Waals surface area contributed by atoms with Crippen LogP contribution >= 0.6 is 0 Å². The summed E-state index contributed by atoms with van der Waals surface area (Å²) >= 11 is 0. The summed E-state index contributed by atoms with van der Waals surface area (Å²) in [6.07, 6.45) is 2.22. The fourth-order valence-electron chi connectivity index (χ4n) is 3.41. The van der Waals surface area contributed by atoms with Crippen molar-refractivity contribution in [2.24, 2.45) is 0 Å². The van der Waals surface area contributed by atoms with Crippen molar-refractivity contribution in [3.05, 3.63) is 53.7 Å². The maximum atomic E-state index is 12.2. The molecule has 6 nitrogen and oxygen atoms in total. The Labute approximate surface area is 167 Å². The first-order valence-electron chi connectivity index (χ1n) is 9.91. The van der Waals surface area contributed by atoms with Gasteiger partial charge in [0.05, 0.1) is 12.2 Å². The fraction of sp³-hybridized carbons (Fsp3) is 0.455. The van der Waals surface area contributed by atoms with Gasteiger partial charge in [-0.25, -0.2) is 9.78 Å². The number of benzene rings is 1. The second kappa shape index (κ2) is 9.06. The number of nitrogens with one attached hydrogen (secondary N) is 2. The maximum absolute atomic E-state index is 12.2. The number of nitrogens with zero attached hydrogens (tertiary/aromatic N) is 2. The van der Waals surface area contributed by atoms with Gasteiger partial charge in [-0.1, -0.05) is 32.0 Å². The summed E-state index contributed by atoms with van der Waals surface area (Å²) in [7, 11) is 0. The van der Waals surface area contributed by atoms with Gasteiger partial charge in [-0.2, -0.15) is 0 Å². The predicted octanol–water partition coefficient (Wildman–Crippen LogP) is 4.14. The molecule has 2 amide bonds. The first kappa shape index (κ1) is 20.1. The Morgan fingerprint density at radius 2 is 1.96 bits per heavy atom. The zero-order valence-corrected chi connectivity index (χ0v) is 17.1. The summed E-state index contributed by atoms with van der Waals surface area (Å²) in [6, 6.07) is 11.7. The lowest BCUT2D eigenvalue weighted by molar-refractivity contribution is -0.00546. The number of urea groups is 1. The molecular formula is C22H30N4O2. The van der Waals surface area contributed by atoms with Crippen LogP contribution in [0.3, 0.4) is 0 Å². The smallest absolute Gasteiger partial charge is 0.319 e. The van der Waals surface area contributed by atoms with Crippen LogP contribution in [0.25, 0.3) is 0 Å². The van der Waals surface area contributed by atoms with Crippen LogP contribution in [0.1, 0.15) is 44.7 Å². The summed E-state index contributed by atoms with van der Waals surface area (Å²) < 4.78 is 5.77. The highest BCUT2D eigenvalue weighted by Crippen LogP contribution is 2.19. The second-order valence-corrected chi connectivity index (χ2v) is 7.77. The van der Waals surface area contributed by atoms with Crippen molar-refractivity contribution in [1.29, 1.82) is 0 Å². The van der Waals surface area contributed by atoms with Crippen molar-refractivity contribution in [1.82, 2.24) is 10.3 Å². The summed E-state index contributed by atoms with van der Waals surface area (Å²) in [5, 5.41) is 5.77. The molecule has 0 bridgehead atoms. The van der Waals surface area contributed by atoms with E-state index in [1.165, 1.54) is 5.56 Å². The average molecular weight is 383 g/mol. The molecule has 2 aromatic rings. The Morgan fingerprint density at radius 3 is 2.61 bits per heavy atom. The van der Waals surface area contributed by atoms with Crippen LogP contribution in [-0.2, 0) is 11.3 Å². The van der Waals surface area contributed by atoms with E-state index in [0.29, 0.717) is 12.5 Å². The number of amides is 2. The van der Waals surface area contributed by atoms with Crippen LogP contribution in [0.5, 0.6) is 0 Å². The van der Waals surface area contributed by atoms with Gasteiger partial charge in [-0.3, -0.25) is 0 Å². The lowest BCUT2D eigenvalue weighted by atomic mass is 10.0. The third-order valence-corrected chi connectivity index (χ3v) is 4.82. The normalized spacial score (nSPS) is 19.5. The van der Waals surface area contributed by atoms with Gasteiger partial charge >= 0.3 is 6.03 Å². The molecular weight excluding hydrogens is 352 g/mol. The van der Waals surface area contributed by atoms with E-state index in [1.807, 2.05) is 36.5 Å². The largest absolute Gasteiger partial charge is 0.372 e. The zero-order chi connectivity index (χ0) is 20.1. The third-order valence-electron chi connectivity index (χ3n) is 4.82. The van der Waals surface area contributed by atoms with E-state index in [0.717, 1.165) is 30.2 Å².